The van der Waals surface area contributed by atoms with Crippen molar-refractivity contribution in [3.8, 4) is 0 Å². The number of carboxylic acids is 1. The molecule has 0 saturated carbocycles. The molecule has 0 unspecified atom stereocenters. The third-order valence-electron chi connectivity index (χ3n) is 3.16. The zero-order valence-electron chi connectivity index (χ0n) is 9.87. The molecular weight excluding hydrogens is 286 g/mol. The minimum absolute atomic E-state index is 0.0553. The van der Waals surface area contributed by atoms with Gasteiger partial charge < -0.3 is 5.11 Å². The number of fused-ring (bicyclic) bond motifs is 1. The van der Waals surface area contributed by atoms with E-state index in [1.807, 2.05) is 0 Å². The second kappa shape index (κ2) is 4.29. The summed E-state index contributed by atoms with van der Waals surface area (Å²) in [5.74, 6) is -1.19. The lowest BCUT2D eigenvalue weighted by molar-refractivity contribution is 0.0698. The van der Waals surface area contributed by atoms with Crippen LogP contribution >= 0.6 is 11.3 Å². The van der Waals surface area contributed by atoms with Crippen LogP contribution in [0.5, 0.6) is 0 Å². The molecule has 0 bridgehead atoms. The smallest absolute Gasteiger partial charge is 0.347 e. The molecule has 1 fully saturated rings. The Morgan fingerprint density at radius 2 is 1.95 bits per heavy atom. The van der Waals surface area contributed by atoms with Gasteiger partial charge in [0.15, 0.2) is 0 Å². The summed E-state index contributed by atoms with van der Waals surface area (Å²) < 4.78 is 27.0. The Balaban J connectivity index is 2.31. The molecule has 2 aromatic rings. The first-order chi connectivity index (χ1) is 9.01. The van der Waals surface area contributed by atoms with Crippen molar-refractivity contribution in [1.82, 2.24) is 4.31 Å². The molecule has 0 aliphatic carbocycles. The Morgan fingerprint density at radius 3 is 2.53 bits per heavy atom. The van der Waals surface area contributed by atoms with Gasteiger partial charge in [0.05, 0.1) is 0 Å². The third-order valence-corrected chi connectivity index (χ3v) is 6.43. The predicted molar refractivity (Wildman–Crippen MR) is 72.2 cm³/mol. The summed E-state index contributed by atoms with van der Waals surface area (Å²) in [7, 11) is -3.70. The molecule has 0 radical (unpaired) electrons. The molecule has 1 saturated heterocycles. The van der Waals surface area contributed by atoms with Gasteiger partial charge in [0.2, 0.25) is 10.0 Å². The average molecular weight is 297 g/mol. The van der Waals surface area contributed by atoms with Gasteiger partial charge in [-0.2, -0.15) is 4.31 Å². The molecular formula is C12H11NO4S2. The summed E-state index contributed by atoms with van der Waals surface area (Å²) in [6.07, 6.45) is 0.823. The zero-order chi connectivity index (χ0) is 13.6. The van der Waals surface area contributed by atoms with Gasteiger partial charge in [-0.25, -0.2) is 13.2 Å². The summed E-state index contributed by atoms with van der Waals surface area (Å²) in [5, 5.41) is 9.73. The normalized spacial score (nSPS) is 16.4. The average Bonchev–Trinajstić information content (AvgIpc) is 2.65. The van der Waals surface area contributed by atoms with Crippen LogP contribution in [0.4, 0.5) is 0 Å². The minimum Gasteiger partial charge on any atom is -0.477 e. The number of hydrogen-bond acceptors (Lipinski definition) is 4. The van der Waals surface area contributed by atoms with Gasteiger partial charge in [0.25, 0.3) is 0 Å². The molecule has 100 valence electrons. The number of benzene rings is 1. The van der Waals surface area contributed by atoms with Crippen molar-refractivity contribution in [2.75, 3.05) is 13.1 Å². The molecule has 0 amide bonds. The molecule has 1 aliphatic heterocycles. The lowest BCUT2D eigenvalue weighted by Gasteiger charge is -2.29. The molecule has 3 rings (SSSR count). The lowest BCUT2D eigenvalue weighted by atomic mass is 10.2. The van der Waals surface area contributed by atoms with E-state index >= 15 is 0 Å². The number of thiophene rings is 1. The number of carboxylic acid groups (broad SMARTS) is 1. The van der Waals surface area contributed by atoms with Crippen LogP contribution in [0, 0.1) is 0 Å². The summed E-state index contributed by atoms with van der Waals surface area (Å²) in [5.41, 5.74) is 0. The van der Waals surface area contributed by atoms with Gasteiger partial charge in [0, 0.05) is 23.2 Å². The predicted octanol–water partition coefficient (Wildman–Crippen LogP) is 1.99. The van der Waals surface area contributed by atoms with Crippen LogP contribution in [0.3, 0.4) is 0 Å². The van der Waals surface area contributed by atoms with Crippen LogP contribution < -0.4 is 0 Å². The number of hydrogen-bond donors (Lipinski definition) is 1. The Bertz CT molecular complexity index is 759. The number of carbonyl (C=O) groups is 1. The van der Waals surface area contributed by atoms with E-state index in [-0.39, 0.29) is 9.77 Å². The van der Waals surface area contributed by atoms with E-state index in [0.29, 0.717) is 23.2 Å². The maximum atomic E-state index is 12.5. The second-order valence-corrected chi connectivity index (χ2v) is 7.25. The molecule has 1 aromatic carbocycles. The highest BCUT2D eigenvalue weighted by Crippen LogP contribution is 2.37. The molecule has 7 heteroatoms. The summed E-state index contributed by atoms with van der Waals surface area (Å²) >= 11 is 1.01. The van der Waals surface area contributed by atoms with Crippen molar-refractivity contribution < 1.29 is 18.3 Å². The van der Waals surface area contributed by atoms with Gasteiger partial charge in [-0.05, 0) is 12.5 Å². The summed E-state index contributed by atoms with van der Waals surface area (Å²) in [6, 6.07) is 6.88. The summed E-state index contributed by atoms with van der Waals surface area (Å²) in [4.78, 5) is 11.1. The van der Waals surface area contributed by atoms with Crippen molar-refractivity contribution in [1.29, 1.82) is 0 Å². The van der Waals surface area contributed by atoms with Gasteiger partial charge in [0.1, 0.15) is 9.77 Å². The first-order valence-electron chi connectivity index (χ1n) is 5.77. The highest BCUT2D eigenvalue weighted by Gasteiger charge is 2.35. The highest BCUT2D eigenvalue weighted by molar-refractivity contribution is 7.89. The SMILES string of the molecule is O=C(O)c1sc2ccccc2c1S(=O)(=O)N1CCC1. The Kier molecular flexibility index (Phi) is 2.84. The zero-order valence-corrected chi connectivity index (χ0v) is 11.5. The molecule has 2 heterocycles. The van der Waals surface area contributed by atoms with Crippen molar-refractivity contribution in [2.45, 2.75) is 11.3 Å². The van der Waals surface area contributed by atoms with Crippen LogP contribution in [-0.4, -0.2) is 36.9 Å². The minimum atomic E-state index is -3.70. The fourth-order valence-electron chi connectivity index (χ4n) is 2.08. The Hall–Kier alpha value is -1.44. The van der Waals surface area contributed by atoms with E-state index in [4.69, 9.17) is 0 Å². The van der Waals surface area contributed by atoms with Crippen molar-refractivity contribution >= 4 is 37.4 Å². The van der Waals surface area contributed by atoms with Gasteiger partial charge in [-0.1, -0.05) is 18.2 Å². The number of aromatic carboxylic acids is 1. The molecule has 0 spiro atoms. The van der Waals surface area contributed by atoms with Gasteiger partial charge in [-0.3, -0.25) is 0 Å². The maximum Gasteiger partial charge on any atom is 0.347 e. The quantitative estimate of drug-likeness (QED) is 0.940. The van der Waals surface area contributed by atoms with Crippen LogP contribution in [0.25, 0.3) is 10.1 Å². The standard InChI is InChI=1S/C12H11NO4S2/c14-12(15)10-11(19(16,17)13-6-3-7-13)8-4-1-2-5-9(8)18-10/h1-2,4-5H,3,6-7H2,(H,14,15). The Labute approximate surface area is 114 Å². The largest absolute Gasteiger partial charge is 0.477 e. The van der Waals surface area contributed by atoms with E-state index < -0.39 is 16.0 Å². The number of nitrogens with zero attached hydrogens (tertiary/aromatic N) is 1. The van der Waals surface area contributed by atoms with Crippen LogP contribution in [0.1, 0.15) is 16.1 Å². The third kappa shape index (κ3) is 1.85. The van der Waals surface area contributed by atoms with E-state index in [2.05, 4.69) is 0 Å². The summed E-state index contributed by atoms with van der Waals surface area (Å²) in [6.45, 7) is 0.928. The molecule has 19 heavy (non-hydrogen) atoms. The maximum absolute atomic E-state index is 12.5. The van der Waals surface area contributed by atoms with E-state index in [1.165, 1.54) is 4.31 Å². The number of sulfonamides is 1. The topological polar surface area (TPSA) is 74.7 Å². The fourth-order valence-corrected chi connectivity index (χ4v) is 5.29. The van der Waals surface area contributed by atoms with Crippen LogP contribution in [0.15, 0.2) is 29.2 Å². The molecule has 1 N–H and O–H groups in total. The number of rotatable bonds is 3. The Morgan fingerprint density at radius 1 is 1.26 bits per heavy atom. The van der Waals surface area contributed by atoms with E-state index in [9.17, 15) is 18.3 Å². The van der Waals surface area contributed by atoms with Gasteiger partial charge in [-0.15, -0.1) is 11.3 Å². The first kappa shape index (κ1) is 12.6. The molecule has 5 nitrogen and oxygen atoms in total. The van der Waals surface area contributed by atoms with Gasteiger partial charge >= 0.3 is 5.97 Å². The fraction of sp³-hybridized carbons (Fsp3) is 0.250. The molecule has 1 aliphatic rings. The van der Waals surface area contributed by atoms with E-state index in [1.54, 1.807) is 24.3 Å². The monoisotopic (exact) mass is 297 g/mol. The lowest BCUT2D eigenvalue weighted by Crippen LogP contribution is -2.42. The van der Waals surface area contributed by atoms with Crippen molar-refractivity contribution in [3.05, 3.63) is 29.1 Å². The van der Waals surface area contributed by atoms with Crippen molar-refractivity contribution in [3.63, 3.8) is 0 Å². The molecule has 0 atom stereocenters. The second-order valence-electron chi connectivity index (χ2n) is 4.32. The highest BCUT2D eigenvalue weighted by atomic mass is 32.2. The first-order valence-corrected chi connectivity index (χ1v) is 8.02. The van der Waals surface area contributed by atoms with Crippen molar-refractivity contribution in [2.24, 2.45) is 0 Å². The van der Waals surface area contributed by atoms with Crippen LogP contribution in [0.2, 0.25) is 0 Å². The van der Waals surface area contributed by atoms with Crippen LogP contribution in [-0.2, 0) is 10.0 Å². The molecule has 1 aromatic heterocycles. The van der Waals surface area contributed by atoms with E-state index in [0.717, 1.165) is 17.8 Å².